The molecule has 0 radical (unpaired) electrons. The SMILES string of the molecule is COc1ccc2c(c1)NC1(CCN(S(=O)(=O)c3cn(C)cn3)CC1)c1cccn1-2. The van der Waals surface area contributed by atoms with Gasteiger partial charge in [-0.2, -0.15) is 4.31 Å². The first-order valence-electron chi connectivity index (χ1n) is 9.55. The van der Waals surface area contributed by atoms with E-state index >= 15 is 0 Å². The monoisotopic (exact) mass is 413 g/mol. The van der Waals surface area contributed by atoms with Crippen LogP contribution in [-0.2, 0) is 22.6 Å². The van der Waals surface area contributed by atoms with E-state index in [1.54, 1.807) is 24.9 Å². The number of hydrogen-bond donors (Lipinski definition) is 1. The minimum absolute atomic E-state index is 0.103. The van der Waals surface area contributed by atoms with Crippen LogP contribution in [0.25, 0.3) is 5.69 Å². The maximum Gasteiger partial charge on any atom is 0.262 e. The number of rotatable bonds is 3. The molecule has 2 aliphatic rings. The quantitative estimate of drug-likeness (QED) is 0.713. The average Bonchev–Trinajstić information content (AvgIpc) is 3.38. The lowest BCUT2D eigenvalue weighted by Crippen LogP contribution is -2.51. The molecule has 4 heterocycles. The van der Waals surface area contributed by atoms with Gasteiger partial charge in [-0.15, -0.1) is 0 Å². The number of anilines is 1. The summed E-state index contributed by atoms with van der Waals surface area (Å²) in [6.45, 7) is 0.854. The molecule has 8 nitrogen and oxygen atoms in total. The summed E-state index contributed by atoms with van der Waals surface area (Å²) in [6.07, 6.45) is 6.45. The number of ether oxygens (including phenoxy) is 1. The van der Waals surface area contributed by atoms with Gasteiger partial charge in [0, 0.05) is 44.3 Å². The molecule has 1 saturated heterocycles. The highest BCUT2D eigenvalue weighted by molar-refractivity contribution is 7.89. The fourth-order valence-corrected chi connectivity index (χ4v) is 5.81. The third-order valence-corrected chi connectivity index (χ3v) is 7.72. The van der Waals surface area contributed by atoms with Gasteiger partial charge in [-0.1, -0.05) is 0 Å². The number of imidazole rings is 1. The molecule has 9 heteroatoms. The number of sulfonamides is 1. The summed E-state index contributed by atoms with van der Waals surface area (Å²) >= 11 is 0. The van der Waals surface area contributed by atoms with Crippen molar-refractivity contribution in [1.82, 2.24) is 18.4 Å². The lowest BCUT2D eigenvalue weighted by Gasteiger charge is -2.45. The van der Waals surface area contributed by atoms with Crippen molar-refractivity contribution in [3.05, 3.63) is 54.7 Å². The lowest BCUT2D eigenvalue weighted by molar-refractivity contribution is 0.247. The minimum Gasteiger partial charge on any atom is -0.497 e. The molecule has 0 amide bonds. The van der Waals surface area contributed by atoms with Gasteiger partial charge in [0.15, 0.2) is 5.03 Å². The fourth-order valence-electron chi connectivity index (χ4n) is 4.40. The molecule has 29 heavy (non-hydrogen) atoms. The van der Waals surface area contributed by atoms with Crippen LogP contribution in [0.1, 0.15) is 18.5 Å². The average molecular weight is 414 g/mol. The number of nitrogens with one attached hydrogen (secondary N) is 1. The Kier molecular flexibility index (Phi) is 4.01. The number of benzene rings is 1. The van der Waals surface area contributed by atoms with E-state index < -0.39 is 10.0 Å². The van der Waals surface area contributed by atoms with Crippen molar-refractivity contribution in [2.45, 2.75) is 23.4 Å². The van der Waals surface area contributed by atoms with E-state index in [4.69, 9.17) is 4.74 Å². The van der Waals surface area contributed by atoms with E-state index in [1.165, 1.54) is 10.6 Å². The molecule has 152 valence electrons. The van der Waals surface area contributed by atoms with Crippen molar-refractivity contribution >= 4 is 15.7 Å². The first kappa shape index (κ1) is 18.3. The molecule has 0 aliphatic carbocycles. The van der Waals surface area contributed by atoms with Crippen molar-refractivity contribution < 1.29 is 13.2 Å². The van der Waals surface area contributed by atoms with Gasteiger partial charge in [0.1, 0.15) is 5.75 Å². The molecule has 1 aromatic carbocycles. The zero-order valence-corrected chi connectivity index (χ0v) is 17.2. The second-order valence-corrected chi connectivity index (χ2v) is 9.52. The first-order valence-corrected chi connectivity index (χ1v) is 11.0. The number of methoxy groups -OCH3 is 1. The zero-order chi connectivity index (χ0) is 20.2. The van der Waals surface area contributed by atoms with E-state index in [2.05, 4.69) is 27.1 Å². The number of piperidine rings is 1. The highest BCUT2D eigenvalue weighted by Gasteiger charge is 2.44. The van der Waals surface area contributed by atoms with Crippen molar-refractivity contribution in [3.63, 3.8) is 0 Å². The van der Waals surface area contributed by atoms with Gasteiger partial charge in [0.05, 0.1) is 30.4 Å². The molecule has 3 aromatic rings. The molecular formula is C20H23N5O3S. The van der Waals surface area contributed by atoms with Gasteiger partial charge >= 0.3 is 0 Å². The van der Waals surface area contributed by atoms with Crippen LogP contribution >= 0.6 is 0 Å². The Bertz CT molecular complexity index is 1170. The van der Waals surface area contributed by atoms with Gasteiger partial charge in [0.2, 0.25) is 0 Å². The van der Waals surface area contributed by atoms with Gasteiger partial charge in [-0.25, -0.2) is 13.4 Å². The van der Waals surface area contributed by atoms with Crippen LogP contribution < -0.4 is 10.1 Å². The second kappa shape index (κ2) is 6.36. The Morgan fingerprint density at radius 3 is 2.69 bits per heavy atom. The van der Waals surface area contributed by atoms with Crippen molar-refractivity contribution in [1.29, 1.82) is 0 Å². The Labute approximate surface area is 169 Å². The predicted octanol–water partition coefficient (Wildman–Crippen LogP) is 2.32. The predicted molar refractivity (Wildman–Crippen MR) is 109 cm³/mol. The van der Waals surface area contributed by atoms with E-state index in [1.807, 2.05) is 24.3 Å². The Hall–Kier alpha value is -2.78. The van der Waals surface area contributed by atoms with Gasteiger partial charge in [-0.05, 0) is 37.1 Å². The molecule has 2 aliphatic heterocycles. The molecule has 1 spiro atoms. The molecule has 1 N–H and O–H groups in total. The molecule has 0 bridgehead atoms. The summed E-state index contributed by atoms with van der Waals surface area (Å²) in [7, 11) is -0.163. The summed E-state index contributed by atoms with van der Waals surface area (Å²) in [4.78, 5) is 4.04. The summed E-state index contributed by atoms with van der Waals surface area (Å²) in [5, 5.41) is 3.81. The van der Waals surface area contributed by atoms with Gasteiger partial charge < -0.3 is 19.2 Å². The van der Waals surface area contributed by atoms with Crippen LogP contribution in [0.15, 0.2) is 54.1 Å². The topological polar surface area (TPSA) is 81.4 Å². The maximum atomic E-state index is 13.0. The number of aryl methyl sites for hydroxylation is 1. The Morgan fingerprint density at radius 2 is 2.00 bits per heavy atom. The van der Waals surface area contributed by atoms with Crippen LogP contribution in [-0.4, -0.2) is 47.0 Å². The normalized spacial score (nSPS) is 18.1. The van der Waals surface area contributed by atoms with Crippen LogP contribution in [0.4, 0.5) is 5.69 Å². The van der Waals surface area contributed by atoms with Gasteiger partial charge in [0.25, 0.3) is 10.0 Å². The highest BCUT2D eigenvalue weighted by Crippen LogP contribution is 2.44. The highest BCUT2D eigenvalue weighted by atomic mass is 32.2. The van der Waals surface area contributed by atoms with Crippen LogP contribution in [0.5, 0.6) is 5.75 Å². The van der Waals surface area contributed by atoms with E-state index in [0.717, 1.165) is 22.8 Å². The van der Waals surface area contributed by atoms with Crippen molar-refractivity contribution in [3.8, 4) is 11.4 Å². The van der Waals surface area contributed by atoms with Crippen LogP contribution in [0.2, 0.25) is 0 Å². The summed E-state index contributed by atoms with van der Waals surface area (Å²) in [6, 6.07) is 10.1. The Balaban J connectivity index is 1.46. The number of hydrogen-bond acceptors (Lipinski definition) is 5. The van der Waals surface area contributed by atoms with Crippen LogP contribution in [0, 0.1) is 0 Å². The smallest absolute Gasteiger partial charge is 0.262 e. The molecule has 1 fully saturated rings. The Morgan fingerprint density at radius 1 is 1.21 bits per heavy atom. The van der Waals surface area contributed by atoms with Crippen molar-refractivity contribution in [2.24, 2.45) is 7.05 Å². The number of fused-ring (bicyclic) bond motifs is 4. The fraction of sp³-hybridized carbons (Fsp3) is 0.350. The standard InChI is InChI=1S/C20H23N5O3S/c1-23-13-19(21-14-23)29(26,27)24-10-7-20(8-11-24)18-4-3-9-25(18)17-6-5-15(28-2)12-16(17)22-20/h3-6,9,12-14,22H,7-8,10-11H2,1-2H3. The van der Waals surface area contributed by atoms with E-state index in [-0.39, 0.29) is 10.6 Å². The molecule has 0 saturated carbocycles. The number of nitrogens with zero attached hydrogens (tertiary/aromatic N) is 4. The molecule has 5 rings (SSSR count). The van der Waals surface area contributed by atoms with E-state index in [9.17, 15) is 8.42 Å². The second-order valence-electron chi connectivity index (χ2n) is 7.64. The summed E-state index contributed by atoms with van der Waals surface area (Å²) < 4.78 is 36.7. The lowest BCUT2D eigenvalue weighted by atomic mass is 9.83. The third-order valence-electron chi connectivity index (χ3n) is 5.94. The number of aromatic nitrogens is 3. The van der Waals surface area contributed by atoms with Crippen molar-refractivity contribution in [2.75, 3.05) is 25.5 Å². The summed E-state index contributed by atoms with van der Waals surface area (Å²) in [5.74, 6) is 0.789. The first-order chi connectivity index (χ1) is 13.9. The van der Waals surface area contributed by atoms with E-state index in [0.29, 0.717) is 25.9 Å². The molecule has 0 atom stereocenters. The van der Waals surface area contributed by atoms with Gasteiger partial charge in [-0.3, -0.25) is 0 Å². The molecular weight excluding hydrogens is 390 g/mol. The third kappa shape index (κ3) is 2.76. The summed E-state index contributed by atoms with van der Waals surface area (Å²) in [5.41, 5.74) is 2.90. The molecule has 2 aromatic heterocycles. The maximum absolute atomic E-state index is 13.0. The minimum atomic E-state index is -3.58. The largest absolute Gasteiger partial charge is 0.497 e. The van der Waals surface area contributed by atoms with Crippen LogP contribution in [0.3, 0.4) is 0 Å². The zero-order valence-electron chi connectivity index (χ0n) is 16.4. The molecule has 0 unspecified atom stereocenters.